The summed E-state index contributed by atoms with van der Waals surface area (Å²) in [5.41, 5.74) is 1.89. The predicted molar refractivity (Wildman–Crippen MR) is 145 cm³/mol. The van der Waals surface area contributed by atoms with Crippen molar-refractivity contribution in [2.45, 2.75) is 55.9 Å². The van der Waals surface area contributed by atoms with E-state index in [1.807, 2.05) is 19.1 Å². The molecule has 202 valence electrons. The van der Waals surface area contributed by atoms with Gasteiger partial charge in [-0.2, -0.15) is 0 Å². The summed E-state index contributed by atoms with van der Waals surface area (Å²) in [7, 11) is 0.255. The number of methoxy groups -OCH3 is 1. The number of amides is 2. The Morgan fingerprint density at radius 1 is 1.16 bits per heavy atom. The molecule has 1 spiro atoms. The van der Waals surface area contributed by atoms with Gasteiger partial charge in [-0.1, -0.05) is 12.8 Å². The van der Waals surface area contributed by atoms with E-state index in [0.717, 1.165) is 37.2 Å². The first-order chi connectivity index (χ1) is 18.1. The van der Waals surface area contributed by atoms with E-state index < -0.39 is 14.6 Å². The second-order valence-electron chi connectivity index (χ2n) is 10.9. The van der Waals surface area contributed by atoms with Gasteiger partial charge < -0.3 is 24.8 Å². The number of hydrogen-bond donors (Lipinski definition) is 1. The largest absolute Gasteiger partial charge is 0.495 e. The number of fused-ring (bicyclic) bond motifs is 1. The molecule has 2 amide bonds. The van der Waals surface area contributed by atoms with Crippen LogP contribution < -0.4 is 19.9 Å². The number of aromatic nitrogens is 1. The minimum atomic E-state index is -3.07. The SMILES string of the molecule is COc1cc(C(=O)N2CC3(CCS3(=O)=O)C2)ccc1Nc1ccc2c(n1)N(C1CCCC1)[C@H](C)C(=O)N2C. The molecule has 4 aliphatic rings. The quantitative estimate of drug-likeness (QED) is 0.617. The van der Waals surface area contributed by atoms with Crippen molar-refractivity contribution in [3.63, 3.8) is 0 Å². The molecule has 2 saturated heterocycles. The zero-order valence-corrected chi connectivity index (χ0v) is 22.8. The Morgan fingerprint density at radius 2 is 1.89 bits per heavy atom. The maximum absolute atomic E-state index is 13.0. The average Bonchev–Trinajstić information content (AvgIpc) is 3.40. The fourth-order valence-corrected chi connectivity index (χ4v) is 8.11. The summed E-state index contributed by atoms with van der Waals surface area (Å²) < 4.78 is 29.0. The zero-order valence-electron chi connectivity index (χ0n) is 21.9. The molecule has 2 aromatic rings. The Hall–Kier alpha value is -3.34. The number of likely N-dealkylation sites (N-methyl/N-ethyl adjacent to an activating group) is 1. The van der Waals surface area contributed by atoms with E-state index in [-0.39, 0.29) is 36.7 Å². The Morgan fingerprint density at radius 3 is 2.53 bits per heavy atom. The number of benzene rings is 1. The third-order valence-corrected chi connectivity index (χ3v) is 11.2. The second kappa shape index (κ2) is 8.86. The molecule has 38 heavy (non-hydrogen) atoms. The number of nitrogens with one attached hydrogen (secondary N) is 1. The number of carbonyl (C=O) groups is 2. The van der Waals surface area contributed by atoms with E-state index in [2.05, 4.69) is 10.2 Å². The van der Waals surface area contributed by atoms with Crippen LogP contribution in [0, 0.1) is 0 Å². The van der Waals surface area contributed by atoms with Gasteiger partial charge in [0.2, 0.25) is 5.91 Å². The summed E-state index contributed by atoms with van der Waals surface area (Å²) in [5, 5.41) is 3.32. The topological polar surface area (TPSA) is 112 Å². The fraction of sp³-hybridized carbons (Fsp3) is 0.519. The van der Waals surface area contributed by atoms with Gasteiger partial charge in [-0.05, 0) is 56.5 Å². The minimum Gasteiger partial charge on any atom is -0.495 e. The van der Waals surface area contributed by atoms with Crippen LogP contribution in [-0.2, 0) is 14.6 Å². The summed E-state index contributed by atoms with van der Waals surface area (Å²) in [6, 6.07) is 8.91. The predicted octanol–water partition coefficient (Wildman–Crippen LogP) is 2.96. The Balaban J connectivity index is 1.24. The van der Waals surface area contributed by atoms with E-state index in [0.29, 0.717) is 35.3 Å². The molecule has 1 atom stereocenters. The number of ether oxygens (including phenoxy) is 1. The Labute approximate surface area is 222 Å². The van der Waals surface area contributed by atoms with Crippen molar-refractivity contribution >= 4 is 44.7 Å². The van der Waals surface area contributed by atoms with Crippen LogP contribution >= 0.6 is 0 Å². The molecule has 1 aromatic carbocycles. The van der Waals surface area contributed by atoms with E-state index >= 15 is 0 Å². The summed E-state index contributed by atoms with van der Waals surface area (Å²) in [6.45, 7) is 2.45. The molecule has 3 aliphatic heterocycles. The molecular formula is C27H33N5O5S. The van der Waals surface area contributed by atoms with Crippen LogP contribution in [0.2, 0.25) is 0 Å². The molecular weight excluding hydrogens is 506 g/mol. The lowest BCUT2D eigenvalue weighted by Gasteiger charge is -2.54. The number of hydrogen-bond acceptors (Lipinski definition) is 8. The molecule has 0 bridgehead atoms. The third-order valence-electron chi connectivity index (χ3n) is 8.73. The van der Waals surface area contributed by atoms with Crippen LogP contribution in [0.15, 0.2) is 30.3 Å². The van der Waals surface area contributed by atoms with Gasteiger partial charge in [0.25, 0.3) is 5.91 Å². The average molecular weight is 540 g/mol. The van der Waals surface area contributed by atoms with Crippen molar-refractivity contribution in [1.82, 2.24) is 9.88 Å². The maximum atomic E-state index is 13.0. The number of nitrogens with zero attached hydrogens (tertiary/aromatic N) is 4. The zero-order chi connectivity index (χ0) is 26.8. The second-order valence-corrected chi connectivity index (χ2v) is 13.4. The van der Waals surface area contributed by atoms with Gasteiger partial charge in [0.1, 0.15) is 22.4 Å². The van der Waals surface area contributed by atoms with Gasteiger partial charge >= 0.3 is 0 Å². The van der Waals surface area contributed by atoms with E-state index in [1.165, 1.54) is 0 Å². The normalized spacial score (nSPS) is 23.6. The van der Waals surface area contributed by atoms with E-state index in [1.54, 1.807) is 42.2 Å². The molecule has 4 heterocycles. The van der Waals surface area contributed by atoms with Crippen molar-refractivity contribution in [1.29, 1.82) is 0 Å². The van der Waals surface area contributed by atoms with Crippen LogP contribution in [0.5, 0.6) is 5.75 Å². The number of sulfone groups is 1. The summed E-state index contributed by atoms with van der Waals surface area (Å²) in [6.07, 6.45) is 5.03. The van der Waals surface area contributed by atoms with Crippen LogP contribution in [0.4, 0.5) is 23.0 Å². The number of pyridine rings is 1. The molecule has 0 unspecified atom stereocenters. The Bertz CT molecular complexity index is 1410. The maximum Gasteiger partial charge on any atom is 0.254 e. The highest BCUT2D eigenvalue weighted by atomic mass is 32.2. The van der Waals surface area contributed by atoms with Crippen molar-refractivity contribution in [3.8, 4) is 5.75 Å². The lowest BCUT2D eigenvalue weighted by molar-refractivity contribution is -0.119. The molecule has 1 N–H and O–H groups in total. The number of anilines is 4. The van der Waals surface area contributed by atoms with Gasteiger partial charge in [0, 0.05) is 31.7 Å². The van der Waals surface area contributed by atoms with Crippen LogP contribution in [0.25, 0.3) is 0 Å². The van der Waals surface area contributed by atoms with Crippen LogP contribution in [0.1, 0.15) is 49.4 Å². The lowest BCUT2D eigenvalue weighted by atomic mass is 9.93. The van der Waals surface area contributed by atoms with Crippen LogP contribution in [-0.4, -0.2) is 79.9 Å². The molecule has 11 heteroatoms. The van der Waals surface area contributed by atoms with Gasteiger partial charge in [-0.25, -0.2) is 13.4 Å². The molecule has 1 saturated carbocycles. The highest BCUT2D eigenvalue weighted by Crippen LogP contribution is 2.43. The number of carbonyl (C=O) groups excluding carboxylic acids is 2. The summed E-state index contributed by atoms with van der Waals surface area (Å²) in [5.74, 6) is 1.96. The first kappa shape index (κ1) is 25.0. The molecule has 1 aliphatic carbocycles. The van der Waals surface area contributed by atoms with E-state index in [4.69, 9.17) is 9.72 Å². The van der Waals surface area contributed by atoms with Gasteiger partial charge in [-0.15, -0.1) is 0 Å². The smallest absolute Gasteiger partial charge is 0.254 e. The summed E-state index contributed by atoms with van der Waals surface area (Å²) >= 11 is 0. The fourth-order valence-electron chi connectivity index (χ4n) is 6.29. The lowest BCUT2D eigenvalue weighted by Crippen LogP contribution is -2.72. The third kappa shape index (κ3) is 3.73. The van der Waals surface area contributed by atoms with E-state index in [9.17, 15) is 18.0 Å². The van der Waals surface area contributed by atoms with Gasteiger partial charge in [0.15, 0.2) is 15.7 Å². The standard InChI is InChI=1S/C27H33N5O5S/c1-17-25(33)30(2)21-10-11-23(29-24(21)32(17)19-6-4-5-7-19)28-20-9-8-18(14-22(20)37-3)26(34)31-15-27(16-31)12-13-38(27,35)36/h8-11,14,17,19H,4-7,12-13,15-16H2,1-3H3,(H,28,29)/t17-/m1/s1. The molecule has 3 fully saturated rings. The van der Waals surface area contributed by atoms with Gasteiger partial charge in [0.05, 0.1) is 24.2 Å². The van der Waals surface area contributed by atoms with Gasteiger partial charge in [-0.3, -0.25) is 9.59 Å². The van der Waals surface area contributed by atoms with Crippen LogP contribution in [0.3, 0.4) is 0 Å². The number of likely N-dealkylation sites (tertiary alicyclic amines) is 1. The Kier molecular flexibility index (Phi) is 5.82. The monoisotopic (exact) mass is 539 g/mol. The summed E-state index contributed by atoms with van der Waals surface area (Å²) in [4.78, 5) is 36.3. The highest BCUT2D eigenvalue weighted by Gasteiger charge is 2.60. The molecule has 10 nitrogen and oxygen atoms in total. The highest BCUT2D eigenvalue weighted by molar-refractivity contribution is 7.94. The van der Waals surface area contributed by atoms with Crippen molar-refractivity contribution in [2.24, 2.45) is 0 Å². The first-order valence-corrected chi connectivity index (χ1v) is 14.8. The molecule has 0 radical (unpaired) electrons. The minimum absolute atomic E-state index is 0.0665. The first-order valence-electron chi connectivity index (χ1n) is 13.2. The molecule has 6 rings (SSSR count). The number of rotatable bonds is 5. The van der Waals surface area contributed by atoms with Crippen molar-refractivity contribution in [3.05, 3.63) is 35.9 Å². The van der Waals surface area contributed by atoms with Crippen molar-refractivity contribution < 1.29 is 22.7 Å². The molecule has 1 aromatic heterocycles. The van der Waals surface area contributed by atoms with Crippen molar-refractivity contribution in [2.75, 3.05) is 48.1 Å².